The van der Waals surface area contributed by atoms with E-state index in [2.05, 4.69) is 39.5 Å². The highest BCUT2D eigenvalue weighted by atomic mass is 127. The summed E-state index contributed by atoms with van der Waals surface area (Å²) in [4.78, 5) is 8.91. The zero-order valence-electron chi connectivity index (χ0n) is 9.97. The zero-order chi connectivity index (χ0) is 13.3. The summed E-state index contributed by atoms with van der Waals surface area (Å²) in [5.74, 6) is 0.659. The van der Waals surface area contributed by atoms with Gasteiger partial charge in [-0.1, -0.05) is 30.1 Å². The summed E-state index contributed by atoms with van der Waals surface area (Å²) in [5, 5.41) is 1.22. The predicted octanol–water partition coefficient (Wildman–Crippen LogP) is 4.93. The van der Waals surface area contributed by atoms with Crippen molar-refractivity contribution in [1.82, 2.24) is 9.97 Å². The Morgan fingerprint density at radius 1 is 1.22 bits per heavy atom. The third-order valence-electron chi connectivity index (χ3n) is 2.64. The zero-order valence-corrected chi connectivity index (χ0v) is 13.6. The van der Waals surface area contributed by atoms with Gasteiger partial charge < -0.3 is 0 Å². The first-order valence-corrected chi connectivity index (χ1v) is 7.34. The molecular formula is C13H11Cl2IN2. The average molecular weight is 393 g/mol. The van der Waals surface area contributed by atoms with E-state index in [0.717, 1.165) is 26.8 Å². The van der Waals surface area contributed by atoms with E-state index < -0.39 is 0 Å². The number of aromatic nitrogens is 2. The van der Waals surface area contributed by atoms with Crippen LogP contribution in [0.15, 0.2) is 18.2 Å². The molecule has 0 saturated carbocycles. The van der Waals surface area contributed by atoms with Crippen LogP contribution in [0.3, 0.4) is 0 Å². The van der Waals surface area contributed by atoms with Crippen LogP contribution in [-0.4, -0.2) is 9.97 Å². The molecule has 0 fully saturated rings. The first-order chi connectivity index (χ1) is 8.52. The molecule has 0 amide bonds. The van der Waals surface area contributed by atoms with Gasteiger partial charge in [-0.15, -0.1) is 0 Å². The van der Waals surface area contributed by atoms with Crippen LogP contribution in [0.4, 0.5) is 0 Å². The third-order valence-corrected chi connectivity index (χ3v) is 4.60. The van der Waals surface area contributed by atoms with Gasteiger partial charge in [0.1, 0.15) is 5.15 Å². The van der Waals surface area contributed by atoms with Gasteiger partial charge in [-0.05, 0) is 59.7 Å². The van der Waals surface area contributed by atoms with E-state index in [1.165, 1.54) is 0 Å². The van der Waals surface area contributed by atoms with Crippen molar-refractivity contribution in [3.05, 3.63) is 43.2 Å². The maximum Gasteiger partial charge on any atom is 0.161 e. The number of halogens is 3. The van der Waals surface area contributed by atoms with E-state index in [-0.39, 0.29) is 0 Å². The second kappa shape index (κ2) is 5.72. The van der Waals surface area contributed by atoms with Crippen LogP contribution in [0, 0.1) is 10.5 Å². The van der Waals surface area contributed by atoms with Crippen molar-refractivity contribution in [1.29, 1.82) is 0 Å². The van der Waals surface area contributed by atoms with E-state index in [4.69, 9.17) is 23.2 Å². The number of benzene rings is 1. The topological polar surface area (TPSA) is 25.8 Å². The standard InChI is InChI=1S/C13H11Cl2IN2/c1-3-10-11(16)12(15)18-13(17-10)9-5-4-8(14)6-7(9)2/h4-6H,3H2,1-2H3. The fourth-order valence-corrected chi connectivity index (χ4v) is 2.73. The van der Waals surface area contributed by atoms with Crippen molar-refractivity contribution in [2.75, 3.05) is 0 Å². The van der Waals surface area contributed by atoms with E-state index in [1.54, 1.807) is 0 Å². The Morgan fingerprint density at radius 2 is 1.94 bits per heavy atom. The molecule has 0 spiro atoms. The molecule has 2 rings (SSSR count). The quantitative estimate of drug-likeness (QED) is 0.535. The minimum absolute atomic E-state index is 0.506. The average Bonchev–Trinajstić information content (AvgIpc) is 2.32. The molecular weight excluding hydrogens is 382 g/mol. The van der Waals surface area contributed by atoms with Crippen molar-refractivity contribution in [2.45, 2.75) is 20.3 Å². The maximum atomic E-state index is 6.15. The molecule has 5 heteroatoms. The summed E-state index contributed by atoms with van der Waals surface area (Å²) in [5.41, 5.74) is 2.98. The van der Waals surface area contributed by atoms with E-state index in [0.29, 0.717) is 16.0 Å². The molecule has 0 aliphatic carbocycles. The molecule has 1 heterocycles. The molecule has 0 aliphatic heterocycles. The molecule has 0 unspecified atom stereocenters. The highest BCUT2D eigenvalue weighted by Gasteiger charge is 2.12. The molecule has 0 saturated heterocycles. The maximum absolute atomic E-state index is 6.15. The normalized spacial score (nSPS) is 10.7. The molecule has 0 aliphatic rings. The molecule has 0 bridgehead atoms. The Hall–Kier alpha value is -0.390. The van der Waals surface area contributed by atoms with Gasteiger partial charge in [-0.3, -0.25) is 0 Å². The fraction of sp³-hybridized carbons (Fsp3) is 0.231. The molecule has 0 radical (unpaired) electrons. The molecule has 1 aromatic heterocycles. The molecule has 1 aromatic carbocycles. The summed E-state index contributed by atoms with van der Waals surface area (Å²) in [6, 6.07) is 5.66. The van der Waals surface area contributed by atoms with Gasteiger partial charge in [0.05, 0.1) is 9.26 Å². The highest BCUT2D eigenvalue weighted by Crippen LogP contribution is 2.27. The van der Waals surface area contributed by atoms with Crippen molar-refractivity contribution >= 4 is 45.8 Å². The Labute approximate surface area is 130 Å². The minimum atomic E-state index is 0.506. The van der Waals surface area contributed by atoms with Crippen LogP contribution in [0.5, 0.6) is 0 Å². The number of aryl methyl sites for hydroxylation is 2. The van der Waals surface area contributed by atoms with Crippen molar-refractivity contribution < 1.29 is 0 Å². The number of hydrogen-bond donors (Lipinski definition) is 0. The van der Waals surface area contributed by atoms with Crippen molar-refractivity contribution in [3.63, 3.8) is 0 Å². The molecule has 0 N–H and O–H groups in total. The second-order valence-corrected chi connectivity index (χ2v) is 5.78. The highest BCUT2D eigenvalue weighted by molar-refractivity contribution is 14.1. The number of hydrogen-bond acceptors (Lipinski definition) is 2. The van der Waals surface area contributed by atoms with Crippen LogP contribution in [0.25, 0.3) is 11.4 Å². The lowest BCUT2D eigenvalue weighted by atomic mass is 10.1. The smallest absolute Gasteiger partial charge is 0.161 e. The Bertz CT molecular complexity index is 600. The summed E-state index contributed by atoms with van der Waals surface area (Å²) in [6.07, 6.45) is 0.833. The van der Waals surface area contributed by atoms with Crippen molar-refractivity contribution in [3.8, 4) is 11.4 Å². The second-order valence-electron chi connectivity index (χ2n) is 3.91. The van der Waals surface area contributed by atoms with Gasteiger partial charge in [0.25, 0.3) is 0 Å². The Balaban J connectivity index is 2.60. The van der Waals surface area contributed by atoms with Crippen LogP contribution in [0.2, 0.25) is 10.2 Å². The van der Waals surface area contributed by atoms with Crippen LogP contribution >= 0.6 is 45.8 Å². The monoisotopic (exact) mass is 392 g/mol. The van der Waals surface area contributed by atoms with E-state index in [9.17, 15) is 0 Å². The summed E-state index contributed by atoms with van der Waals surface area (Å²) in [6.45, 7) is 4.04. The van der Waals surface area contributed by atoms with Crippen LogP contribution in [-0.2, 0) is 6.42 Å². The lowest BCUT2D eigenvalue weighted by Crippen LogP contribution is -2.00. The fourth-order valence-electron chi connectivity index (χ4n) is 1.70. The lowest BCUT2D eigenvalue weighted by molar-refractivity contribution is 0.988. The summed E-state index contributed by atoms with van der Waals surface area (Å²) >= 11 is 14.3. The third kappa shape index (κ3) is 2.78. The Kier molecular flexibility index (Phi) is 4.45. The number of rotatable bonds is 2. The van der Waals surface area contributed by atoms with Crippen LogP contribution < -0.4 is 0 Å². The van der Waals surface area contributed by atoms with Gasteiger partial charge in [-0.2, -0.15) is 0 Å². The van der Waals surface area contributed by atoms with Gasteiger partial charge in [0, 0.05) is 10.6 Å². The SMILES string of the molecule is CCc1nc(-c2ccc(Cl)cc2C)nc(Cl)c1I. The number of nitrogens with zero attached hydrogens (tertiary/aromatic N) is 2. The van der Waals surface area contributed by atoms with E-state index in [1.807, 2.05) is 25.1 Å². The first-order valence-electron chi connectivity index (χ1n) is 5.51. The molecule has 2 aromatic rings. The largest absolute Gasteiger partial charge is 0.232 e. The lowest BCUT2D eigenvalue weighted by Gasteiger charge is -2.09. The molecule has 2 nitrogen and oxygen atoms in total. The van der Waals surface area contributed by atoms with Gasteiger partial charge >= 0.3 is 0 Å². The van der Waals surface area contributed by atoms with Gasteiger partial charge in [-0.25, -0.2) is 9.97 Å². The molecule has 0 atom stereocenters. The summed E-state index contributed by atoms with van der Waals surface area (Å²) < 4.78 is 0.923. The minimum Gasteiger partial charge on any atom is -0.232 e. The van der Waals surface area contributed by atoms with E-state index >= 15 is 0 Å². The van der Waals surface area contributed by atoms with Crippen molar-refractivity contribution in [2.24, 2.45) is 0 Å². The van der Waals surface area contributed by atoms with Gasteiger partial charge in [0.15, 0.2) is 5.82 Å². The van der Waals surface area contributed by atoms with Gasteiger partial charge in [0.2, 0.25) is 0 Å². The molecule has 94 valence electrons. The molecule has 18 heavy (non-hydrogen) atoms. The predicted molar refractivity (Wildman–Crippen MR) is 84.3 cm³/mol. The first kappa shape index (κ1) is 14.0. The van der Waals surface area contributed by atoms with Crippen LogP contribution in [0.1, 0.15) is 18.2 Å². The summed E-state index contributed by atoms with van der Waals surface area (Å²) in [7, 11) is 0. The Morgan fingerprint density at radius 3 is 2.56 bits per heavy atom.